The van der Waals surface area contributed by atoms with Crippen molar-refractivity contribution in [1.82, 2.24) is 31.9 Å². The van der Waals surface area contributed by atoms with Crippen LogP contribution >= 0.6 is 0 Å². The zero-order valence-corrected chi connectivity index (χ0v) is 33.9. The highest BCUT2D eigenvalue weighted by molar-refractivity contribution is 5.99. The summed E-state index contributed by atoms with van der Waals surface area (Å²) in [5.74, 6) is -15.6. The Morgan fingerprint density at radius 2 is 0.778 bits per heavy atom. The molecule has 0 radical (unpaired) electrons. The molecular formula is C37H55N9O17. The summed E-state index contributed by atoms with van der Waals surface area (Å²) in [6, 6.07) is -7.15. The normalized spacial score (nSPS) is 14.1. The van der Waals surface area contributed by atoms with Crippen molar-refractivity contribution in [3.63, 3.8) is 0 Å². The molecule has 6 amide bonds. The Morgan fingerprint density at radius 3 is 1.16 bits per heavy atom. The third-order valence-corrected chi connectivity index (χ3v) is 8.92. The summed E-state index contributed by atoms with van der Waals surface area (Å²) in [5, 5.41) is 69.6. The maximum atomic E-state index is 13.7. The molecule has 0 bridgehead atoms. The number of carbonyl (C=O) groups is 11. The fraction of sp³-hybridized carbons (Fsp3) is 0.541. The third-order valence-electron chi connectivity index (χ3n) is 8.92. The van der Waals surface area contributed by atoms with Crippen molar-refractivity contribution in [1.29, 1.82) is 0 Å². The van der Waals surface area contributed by atoms with Gasteiger partial charge in [-0.05, 0) is 69.3 Å². The highest BCUT2D eigenvalue weighted by atomic mass is 16.4. The third kappa shape index (κ3) is 21.4. The first-order chi connectivity index (χ1) is 29.6. The standard InChI is InChI=1S/C37H55N9O17/c38-11-3-1-5-21(41-33(58)23(13-18-7-9-19(47)10-8-18)43-31(56)20(40)14-27(48)49)32(57)44-25(16-29(52)53)35(60)46-26(17-30(54)55)36(61)45-24(15-28(50)51)34(59)42-22(37(62)63)6-2-4-12-39/h7-10,20-26,47H,1-6,11-17,38-40H2,(H,41,58)(H,42,59)(H,43,56)(H,44,57)(H,45,61)(H,46,60)(H,48,49)(H,50,51)(H,52,53)(H,54,55)(H,62,63). The van der Waals surface area contributed by atoms with Crippen LogP contribution < -0.4 is 49.1 Å². The summed E-state index contributed by atoms with van der Waals surface area (Å²) in [6.45, 7) is 0.334. The lowest BCUT2D eigenvalue weighted by Gasteiger charge is -2.27. The SMILES string of the molecule is NCCCCC(NC(=O)C(CC(=O)O)NC(=O)C(CC(=O)O)NC(=O)C(CC(=O)O)NC(=O)C(CCCCN)NC(=O)C(Cc1ccc(O)cc1)NC(=O)C(N)CC(=O)O)C(=O)O. The molecule has 18 N–H and O–H groups in total. The fourth-order valence-electron chi connectivity index (χ4n) is 5.66. The van der Waals surface area contributed by atoms with E-state index in [1.807, 2.05) is 10.6 Å². The first kappa shape index (κ1) is 54.1. The largest absolute Gasteiger partial charge is 0.508 e. The Hall–Kier alpha value is -6.93. The van der Waals surface area contributed by atoms with Crippen LogP contribution in [0.15, 0.2) is 24.3 Å². The lowest BCUT2D eigenvalue weighted by molar-refractivity contribution is -0.145. The van der Waals surface area contributed by atoms with Gasteiger partial charge in [-0.2, -0.15) is 0 Å². The summed E-state index contributed by atoms with van der Waals surface area (Å²) in [5.41, 5.74) is 17.0. The molecule has 0 saturated heterocycles. The van der Waals surface area contributed by atoms with Crippen molar-refractivity contribution < 1.29 is 83.4 Å². The Balaban J connectivity index is 3.43. The number of carboxylic acids is 5. The van der Waals surface area contributed by atoms with E-state index >= 15 is 0 Å². The van der Waals surface area contributed by atoms with Gasteiger partial charge in [-0.15, -0.1) is 0 Å². The van der Waals surface area contributed by atoms with Gasteiger partial charge in [0.1, 0.15) is 42.0 Å². The lowest BCUT2D eigenvalue weighted by atomic mass is 10.0. The minimum absolute atomic E-state index is 0.127. The molecule has 7 atom stereocenters. The van der Waals surface area contributed by atoms with Gasteiger partial charge in [-0.3, -0.25) is 47.9 Å². The van der Waals surface area contributed by atoms with Crippen LogP contribution in [0.25, 0.3) is 0 Å². The molecule has 0 spiro atoms. The van der Waals surface area contributed by atoms with Crippen LogP contribution in [0.5, 0.6) is 5.75 Å². The summed E-state index contributed by atoms with van der Waals surface area (Å²) in [6.07, 6.45) is -3.87. The Bertz CT molecular complexity index is 1800. The molecule has 0 aliphatic rings. The first-order valence-electron chi connectivity index (χ1n) is 19.4. The number of aliphatic carboxylic acids is 5. The molecule has 1 rings (SSSR count). The van der Waals surface area contributed by atoms with Gasteiger partial charge in [0.05, 0.1) is 31.7 Å². The van der Waals surface area contributed by atoms with E-state index in [0.717, 1.165) is 0 Å². The lowest BCUT2D eigenvalue weighted by Crippen LogP contribution is -2.60. The molecule has 0 fully saturated rings. The van der Waals surface area contributed by atoms with Crippen molar-refractivity contribution in [3.8, 4) is 5.75 Å². The highest BCUT2D eigenvalue weighted by Gasteiger charge is 2.36. The first-order valence-corrected chi connectivity index (χ1v) is 19.4. The van der Waals surface area contributed by atoms with Gasteiger partial charge in [-0.25, -0.2) is 4.79 Å². The van der Waals surface area contributed by atoms with E-state index in [0.29, 0.717) is 18.4 Å². The van der Waals surface area contributed by atoms with E-state index in [-0.39, 0.29) is 50.9 Å². The average molecular weight is 898 g/mol. The second-order valence-corrected chi connectivity index (χ2v) is 14.1. The minimum Gasteiger partial charge on any atom is -0.508 e. The van der Waals surface area contributed by atoms with Gasteiger partial charge in [0.2, 0.25) is 35.4 Å². The van der Waals surface area contributed by atoms with Gasteiger partial charge in [0.15, 0.2) is 0 Å². The smallest absolute Gasteiger partial charge is 0.326 e. The van der Waals surface area contributed by atoms with E-state index in [4.69, 9.17) is 22.3 Å². The zero-order valence-electron chi connectivity index (χ0n) is 33.9. The Kier molecular flexibility index (Phi) is 23.9. The molecule has 0 aliphatic heterocycles. The minimum atomic E-state index is -2.15. The van der Waals surface area contributed by atoms with Crippen molar-refractivity contribution in [2.45, 2.75) is 113 Å². The van der Waals surface area contributed by atoms with Crippen molar-refractivity contribution >= 4 is 65.3 Å². The van der Waals surface area contributed by atoms with Crippen LogP contribution in [-0.4, -0.2) is 151 Å². The van der Waals surface area contributed by atoms with Gasteiger partial charge < -0.3 is 79.7 Å². The molecule has 0 heterocycles. The topological polar surface area (TPSA) is 459 Å². The predicted octanol–water partition coefficient (Wildman–Crippen LogP) is -4.59. The van der Waals surface area contributed by atoms with Crippen molar-refractivity contribution in [2.24, 2.45) is 17.2 Å². The van der Waals surface area contributed by atoms with Crippen molar-refractivity contribution in [3.05, 3.63) is 29.8 Å². The Morgan fingerprint density at radius 1 is 0.444 bits per heavy atom. The maximum absolute atomic E-state index is 13.7. The number of rotatable bonds is 31. The second kappa shape index (κ2) is 27.8. The molecule has 63 heavy (non-hydrogen) atoms. The zero-order chi connectivity index (χ0) is 47.8. The van der Waals surface area contributed by atoms with E-state index < -0.39 is 133 Å². The molecule has 0 aromatic heterocycles. The molecule has 350 valence electrons. The van der Waals surface area contributed by atoms with Gasteiger partial charge >= 0.3 is 29.8 Å². The summed E-state index contributed by atoms with van der Waals surface area (Å²) < 4.78 is 0. The number of amides is 6. The van der Waals surface area contributed by atoms with Crippen LogP contribution in [0.2, 0.25) is 0 Å². The molecule has 26 nitrogen and oxygen atoms in total. The molecule has 7 unspecified atom stereocenters. The summed E-state index contributed by atoms with van der Waals surface area (Å²) >= 11 is 0. The average Bonchev–Trinajstić information content (AvgIpc) is 3.18. The number of nitrogens with two attached hydrogens (primary N) is 3. The monoisotopic (exact) mass is 897 g/mol. The Labute approximate surface area is 359 Å². The number of carboxylic acid groups (broad SMARTS) is 5. The molecule has 1 aromatic rings. The number of aromatic hydroxyl groups is 1. The van der Waals surface area contributed by atoms with Crippen LogP contribution in [0.1, 0.15) is 69.8 Å². The van der Waals surface area contributed by atoms with Gasteiger partial charge in [0, 0.05) is 6.42 Å². The van der Waals surface area contributed by atoms with Crippen LogP contribution in [0.4, 0.5) is 0 Å². The number of benzene rings is 1. The summed E-state index contributed by atoms with van der Waals surface area (Å²) in [4.78, 5) is 138. The number of hydrogen-bond donors (Lipinski definition) is 15. The number of hydrogen-bond acceptors (Lipinski definition) is 15. The molecular weight excluding hydrogens is 842 g/mol. The van der Waals surface area contributed by atoms with Gasteiger partial charge in [-0.1, -0.05) is 12.1 Å². The van der Waals surface area contributed by atoms with E-state index in [2.05, 4.69) is 21.3 Å². The number of phenols is 1. The fourth-order valence-corrected chi connectivity index (χ4v) is 5.66. The molecule has 1 aromatic carbocycles. The van der Waals surface area contributed by atoms with Crippen LogP contribution in [-0.2, 0) is 59.2 Å². The number of nitrogens with one attached hydrogen (secondary N) is 6. The maximum Gasteiger partial charge on any atom is 0.326 e. The van der Waals surface area contributed by atoms with E-state index in [1.165, 1.54) is 24.3 Å². The highest BCUT2D eigenvalue weighted by Crippen LogP contribution is 2.13. The predicted molar refractivity (Wildman–Crippen MR) is 214 cm³/mol. The molecule has 0 aliphatic carbocycles. The van der Waals surface area contributed by atoms with Crippen LogP contribution in [0, 0.1) is 0 Å². The van der Waals surface area contributed by atoms with E-state index in [9.17, 15) is 78.3 Å². The van der Waals surface area contributed by atoms with Crippen LogP contribution in [0.3, 0.4) is 0 Å². The number of phenolic OH excluding ortho intramolecular Hbond substituents is 1. The number of unbranched alkanes of at least 4 members (excludes halogenated alkanes) is 2. The second-order valence-electron chi connectivity index (χ2n) is 14.1. The van der Waals surface area contributed by atoms with Gasteiger partial charge in [0.25, 0.3) is 0 Å². The quantitative estimate of drug-likeness (QED) is 0.0312. The van der Waals surface area contributed by atoms with E-state index in [1.54, 1.807) is 0 Å². The van der Waals surface area contributed by atoms with Crippen molar-refractivity contribution in [2.75, 3.05) is 13.1 Å². The molecule has 26 heteroatoms. The number of carbonyl (C=O) groups excluding carboxylic acids is 6. The summed E-state index contributed by atoms with van der Waals surface area (Å²) in [7, 11) is 0. The molecule has 0 saturated carbocycles.